The van der Waals surface area contributed by atoms with Crippen LogP contribution in [0.2, 0.25) is 0 Å². The highest BCUT2D eigenvalue weighted by Crippen LogP contribution is 2.36. The summed E-state index contributed by atoms with van der Waals surface area (Å²) >= 11 is 0. The molecule has 5 nitrogen and oxygen atoms in total. The van der Waals surface area contributed by atoms with Crippen LogP contribution in [0.15, 0.2) is 18.2 Å². The van der Waals surface area contributed by atoms with Gasteiger partial charge in [-0.3, -0.25) is 4.79 Å². The molecule has 0 saturated carbocycles. The third-order valence-electron chi connectivity index (χ3n) is 4.11. The van der Waals surface area contributed by atoms with Crippen LogP contribution in [0.1, 0.15) is 49.5 Å². The fourth-order valence-electron chi connectivity index (χ4n) is 3.06. The summed E-state index contributed by atoms with van der Waals surface area (Å²) in [5.41, 5.74) is 1.76. The van der Waals surface area contributed by atoms with Crippen LogP contribution in [0.5, 0.6) is 5.75 Å². The van der Waals surface area contributed by atoms with Crippen molar-refractivity contribution in [2.24, 2.45) is 0 Å². The number of rotatable bonds is 3. The molecule has 1 fully saturated rings. The van der Waals surface area contributed by atoms with E-state index in [1.165, 1.54) is 6.92 Å². The molecule has 114 valence electrons. The van der Waals surface area contributed by atoms with Crippen LogP contribution in [0, 0.1) is 0 Å². The largest absolute Gasteiger partial charge is 0.493 e. The van der Waals surface area contributed by atoms with Gasteiger partial charge in [0.25, 0.3) is 0 Å². The van der Waals surface area contributed by atoms with Gasteiger partial charge >= 0.3 is 0 Å². The smallest absolute Gasteiger partial charge is 0.217 e. The van der Waals surface area contributed by atoms with E-state index in [0.717, 1.165) is 36.1 Å². The Hall–Kier alpha value is -1.59. The number of hydrogen-bond acceptors (Lipinski definition) is 4. The van der Waals surface area contributed by atoms with Crippen molar-refractivity contribution >= 4 is 5.91 Å². The average Bonchev–Trinajstić information content (AvgIpc) is 3.00. The van der Waals surface area contributed by atoms with Gasteiger partial charge < -0.3 is 19.9 Å². The van der Waals surface area contributed by atoms with Crippen LogP contribution in [-0.2, 0) is 9.53 Å². The number of fused-ring (bicyclic) bond motifs is 1. The van der Waals surface area contributed by atoms with Crippen molar-refractivity contribution in [1.82, 2.24) is 5.32 Å². The Morgan fingerprint density at radius 1 is 1.38 bits per heavy atom. The Kier molecular flexibility index (Phi) is 4.12. The third kappa shape index (κ3) is 3.04. The molecule has 0 aromatic heterocycles. The summed E-state index contributed by atoms with van der Waals surface area (Å²) in [4.78, 5) is 11.3. The first-order valence-electron chi connectivity index (χ1n) is 7.48. The molecule has 21 heavy (non-hydrogen) atoms. The van der Waals surface area contributed by atoms with E-state index < -0.39 is 6.10 Å². The minimum atomic E-state index is -0.627. The second-order valence-electron chi connectivity index (χ2n) is 5.68. The minimum absolute atomic E-state index is 0.0529. The van der Waals surface area contributed by atoms with Crippen LogP contribution < -0.4 is 10.1 Å². The Labute approximate surface area is 124 Å². The summed E-state index contributed by atoms with van der Waals surface area (Å²) in [6.07, 6.45) is 1.85. The highest BCUT2D eigenvalue weighted by molar-refractivity contribution is 5.73. The van der Waals surface area contributed by atoms with Gasteiger partial charge in [-0.25, -0.2) is 0 Å². The summed E-state index contributed by atoms with van der Waals surface area (Å²) in [5, 5.41) is 13.4. The molecule has 2 heterocycles. The molecule has 0 bridgehead atoms. The predicted molar refractivity (Wildman–Crippen MR) is 77.0 cm³/mol. The van der Waals surface area contributed by atoms with Gasteiger partial charge in [-0.15, -0.1) is 0 Å². The van der Waals surface area contributed by atoms with Crippen molar-refractivity contribution in [3.63, 3.8) is 0 Å². The summed E-state index contributed by atoms with van der Waals surface area (Å²) in [6, 6.07) is 5.63. The Morgan fingerprint density at radius 3 is 2.95 bits per heavy atom. The lowest BCUT2D eigenvalue weighted by Gasteiger charge is -2.28. The molecule has 5 heteroatoms. The number of benzene rings is 1. The van der Waals surface area contributed by atoms with E-state index in [2.05, 4.69) is 5.32 Å². The molecule has 3 atom stereocenters. The predicted octanol–water partition coefficient (Wildman–Crippen LogP) is 1.86. The molecule has 1 aromatic rings. The van der Waals surface area contributed by atoms with Gasteiger partial charge in [0.05, 0.1) is 18.8 Å². The molecular weight excluding hydrogens is 270 g/mol. The fourth-order valence-corrected chi connectivity index (χ4v) is 3.06. The maximum Gasteiger partial charge on any atom is 0.217 e. The first-order chi connectivity index (χ1) is 10.1. The maximum atomic E-state index is 11.3. The quantitative estimate of drug-likeness (QED) is 0.892. The number of ether oxygens (including phenoxy) is 2. The van der Waals surface area contributed by atoms with Crippen molar-refractivity contribution < 1.29 is 19.4 Å². The van der Waals surface area contributed by atoms with Crippen molar-refractivity contribution in [1.29, 1.82) is 0 Å². The van der Waals surface area contributed by atoms with Crippen molar-refractivity contribution in [3.05, 3.63) is 29.3 Å². The van der Waals surface area contributed by atoms with E-state index in [1.807, 2.05) is 18.2 Å². The molecule has 2 aliphatic rings. The highest BCUT2D eigenvalue weighted by Gasteiger charge is 2.28. The molecule has 3 unspecified atom stereocenters. The molecule has 2 N–H and O–H groups in total. The van der Waals surface area contributed by atoms with Gasteiger partial charge in [0.2, 0.25) is 5.91 Å². The number of aliphatic hydroxyl groups is 1. The van der Waals surface area contributed by atoms with E-state index in [1.54, 1.807) is 0 Å². The number of nitrogens with one attached hydrogen (secondary N) is 1. The molecule has 3 rings (SSSR count). The van der Waals surface area contributed by atoms with E-state index in [4.69, 9.17) is 9.47 Å². The third-order valence-corrected chi connectivity index (χ3v) is 4.11. The molecule has 1 saturated heterocycles. The first-order valence-corrected chi connectivity index (χ1v) is 7.48. The lowest BCUT2D eigenvalue weighted by Crippen LogP contribution is -2.30. The number of amides is 1. The van der Waals surface area contributed by atoms with Crippen molar-refractivity contribution in [2.45, 2.75) is 44.4 Å². The monoisotopic (exact) mass is 291 g/mol. The van der Waals surface area contributed by atoms with Gasteiger partial charge in [-0.1, -0.05) is 6.07 Å². The number of carbonyl (C=O) groups excluding carboxylic acids is 1. The van der Waals surface area contributed by atoms with Crippen LogP contribution in [0.3, 0.4) is 0 Å². The molecule has 1 aromatic carbocycles. The van der Waals surface area contributed by atoms with E-state index in [0.29, 0.717) is 13.2 Å². The zero-order chi connectivity index (χ0) is 14.8. The molecule has 0 aliphatic carbocycles. The van der Waals surface area contributed by atoms with E-state index in [-0.39, 0.29) is 18.1 Å². The summed E-state index contributed by atoms with van der Waals surface area (Å²) in [5.74, 6) is 0.723. The SMILES string of the molecule is CC(=O)NC1CCOc2ccc(C(O)C3CCCO3)cc21. The van der Waals surface area contributed by atoms with Crippen molar-refractivity contribution in [3.8, 4) is 5.75 Å². The Morgan fingerprint density at radius 2 is 2.24 bits per heavy atom. The number of carbonyl (C=O) groups is 1. The topological polar surface area (TPSA) is 67.8 Å². The van der Waals surface area contributed by atoms with Gasteiger partial charge in [0.15, 0.2) is 0 Å². The van der Waals surface area contributed by atoms with Gasteiger partial charge in [-0.05, 0) is 30.5 Å². The summed E-state index contributed by atoms with van der Waals surface area (Å²) in [6.45, 7) is 2.82. The van der Waals surface area contributed by atoms with Gasteiger partial charge in [-0.2, -0.15) is 0 Å². The molecule has 0 spiro atoms. The normalized spacial score (nSPS) is 25.8. The molecule has 0 radical (unpaired) electrons. The lowest BCUT2D eigenvalue weighted by molar-refractivity contribution is -0.119. The number of aliphatic hydroxyl groups excluding tert-OH is 1. The average molecular weight is 291 g/mol. The van der Waals surface area contributed by atoms with Gasteiger partial charge in [0.1, 0.15) is 11.9 Å². The van der Waals surface area contributed by atoms with Gasteiger partial charge in [0, 0.05) is 25.5 Å². The van der Waals surface area contributed by atoms with E-state index >= 15 is 0 Å². The Bertz CT molecular complexity index is 525. The maximum absolute atomic E-state index is 11.3. The van der Waals surface area contributed by atoms with E-state index in [9.17, 15) is 9.90 Å². The fraction of sp³-hybridized carbons (Fsp3) is 0.562. The van der Waals surface area contributed by atoms with Crippen LogP contribution >= 0.6 is 0 Å². The summed E-state index contributed by atoms with van der Waals surface area (Å²) < 4.78 is 11.2. The Balaban J connectivity index is 1.85. The molecule has 1 amide bonds. The second-order valence-corrected chi connectivity index (χ2v) is 5.68. The zero-order valence-corrected chi connectivity index (χ0v) is 12.2. The molecule has 2 aliphatic heterocycles. The van der Waals surface area contributed by atoms with Crippen LogP contribution in [0.25, 0.3) is 0 Å². The van der Waals surface area contributed by atoms with Crippen molar-refractivity contribution in [2.75, 3.05) is 13.2 Å². The van der Waals surface area contributed by atoms with Crippen LogP contribution in [-0.4, -0.2) is 30.3 Å². The summed E-state index contributed by atoms with van der Waals surface area (Å²) in [7, 11) is 0. The zero-order valence-electron chi connectivity index (χ0n) is 12.2. The molecular formula is C16H21NO4. The minimum Gasteiger partial charge on any atom is -0.493 e. The first kappa shape index (κ1) is 14.4. The van der Waals surface area contributed by atoms with Crippen LogP contribution in [0.4, 0.5) is 0 Å². The second kappa shape index (κ2) is 6.03. The lowest BCUT2D eigenvalue weighted by atomic mass is 9.94. The number of hydrogen-bond donors (Lipinski definition) is 2. The highest BCUT2D eigenvalue weighted by atomic mass is 16.5. The standard InChI is InChI=1S/C16H21NO4/c1-10(18)17-13-6-8-21-14-5-4-11(9-12(13)14)16(19)15-3-2-7-20-15/h4-5,9,13,15-16,19H,2-3,6-8H2,1H3,(H,17,18).